The predicted octanol–water partition coefficient (Wildman–Crippen LogP) is 5.38. The average Bonchev–Trinajstić information content (AvgIpc) is 3.37. The Balaban J connectivity index is 1.57. The number of carbonyl (C=O) groups excluding carboxylic acids is 1. The maximum absolute atomic E-state index is 12.3. The van der Waals surface area contributed by atoms with E-state index in [1.165, 1.54) is 5.69 Å². The van der Waals surface area contributed by atoms with E-state index in [-0.39, 0.29) is 11.9 Å². The number of nitrogens with one attached hydrogen (secondary N) is 1. The predicted molar refractivity (Wildman–Crippen MR) is 119 cm³/mol. The number of carbonyl (C=O) groups is 1. The molecule has 0 radical (unpaired) electrons. The number of aromatic nitrogens is 1. The summed E-state index contributed by atoms with van der Waals surface area (Å²) in [5, 5.41) is 3.98. The molecule has 0 aliphatic carbocycles. The van der Waals surface area contributed by atoms with E-state index in [4.69, 9.17) is 27.6 Å². The first kappa shape index (κ1) is 21.0. The van der Waals surface area contributed by atoms with E-state index in [0.29, 0.717) is 34.8 Å². The second kappa shape index (κ2) is 8.88. The summed E-state index contributed by atoms with van der Waals surface area (Å²) in [5.74, 6) is 1.32. The fourth-order valence-electron chi connectivity index (χ4n) is 3.83. The molecule has 0 spiro atoms. The van der Waals surface area contributed by atoms with E-state index < -0.39 is 0 Å². The zero-order valence-corrected chi connectivity index (χ0v) is 18.6. The number of halogens is 2. The summed E-state index contributed by atoms with van der Waals surface area (Å²) < 4.78 is 8.13. The molecule has 3 aromatic rings. The molecule has 5 nitrogen and oxygen atoms in total. The van der Waals surface area contributed by atoms with Gasteiger partial charge in [0.05, 0.1) is 22.6 Å². The van der Waals surface area contributed by atoms with Crippen LogP contribution in [0.3, 0.4) is 0 Å². The average molecular weight is 446 g/mol. The van der Waals surface area contributed by atoms with Crippen LogP contribution in [0.1, 0.15) is 47.5 Å². The maximum Gasteiger partial charge on any atom is 0.287 e. The van der Waals surface area contributed by atoms with Crippen molar-refractivity contribution in [3.05, 3.63) is 81.5 Å². The Hall–Kier alpha value is -2.21. The Morgan fingerprint density at radius 2 is 2.00 bits per heavy atom. The molecule has 1 unspecified atom stereocenters. The number of fused-ring (bicyclic) bond motifs is 1. The summed E-state index contributed by atoms with van der Waals surface area (Å²) in [6.45, 7) is 7.07. The van der Waals surface area contributed by atoms with Gasteiger partial charge in [0.2, 0.25) is 0 Å². The van der Waals surface area contributed by atoms with Gasteiger partial charge in [0, 0.05) is 31.5 Å². The number of benzene rings is 1. The van der Waals surface area contributed by atoms with Crippen LogP contribution in [0.15, 0.2) is 53.1 Å². The van der Waals surface area contributed by atoms with Crippen molar-refractivity contribution in [3.63, 3.8) is 0 Å². The second-order valence-corrected chi connectivity index (χ2v) is 8.86. The van der Waals surface area contributed by atoms with Crippen molar-refractivity contribution < 1.29 is 9.21 Å². The SMILES string of the molecule is CC(C)CNC(=O)c1ccc(CN2CCn3cccc3C2c2ccc(Cl)c(Cl)c2)o1. The lowest BCUT2D eigenvalue weighted by Crippen LogP contribution is -2.37. The highest BCUT2D eigenvalue weighted by molar-refractivity contribution is 6.42. The highest BCUT2D eigenvalue weighted by atomic mass is 35.5. The summed E-state index contributed by atoms with van der Waals surface area (Å²) in [4.78, 5) is 14.6. The highest BCUT2D eigenvalue weighted by Crippen LogP contribution is 2.36. The molecule has 1 atom stereocenters. The van der Waals surface area contributed by atoms with Crippen LogP contribution in [0.2, 0.25) is 10.0 Å². The number of hydrogen-bond donors (Lipinski definition) is 1. The van der Waals surface area contributed by atoms with Crippen LogP contribution in [0.25, 0.3) is 0 Å². The lowest BCUT2D eigenvalue weighted by Gasteiger charge is -2.37. The molecule has 1 aliphatic heterocycles. The van der Waals surface area contributed by atoms with Gasteiger partial charge in [-0.15, -0.1) is 0 Å². The van der Waals surface area contributed by atoms with Gasteiger partial charge >= 0.3 is 0 Å². The summed E-state index contributed by atoms with van der Waals surface area (Å²) >= 11 is 12.5. The molecule has 4 rings (SSSR count). The van der Waals surface area contributed by atoms with Gasteiger partial charge in [-0.05, 0) is 47.9 Å². The van der Waals surface area contributed by atoms with E-state index in [2.05, 4.69) is 47.0 Å². The number of hydrogen-bond acceptors (Lipinski definition) is 3. The van der Waals surface area contributed by atoms with Crippen LogP contribution >= 0.6 is 23.2 Å². The smallest absolute Gasteiger partial charge is 0.287 e. The lowest BCUT2D eigenvalue weighted by atomic mass is 10.00. The molecule has 3 heterocycles. The largest absolute Gasteiger partial charge is 0.455 e. The zero-order valence-electron chi connectivity index (χ0n) is 17.1. The fourth-order valence-corrected chi connectivity index (χ4v) is 4.14. The van der Waals surface area contributed by atoms with Gasteiger partial charge in [-0.2, -0.15) is 0 Å². The van der Waals surface area contributed by atoms with Crippen molar-refractivity contribution in [2.24, 2.45) is 5.92 Å². The van der Waals surface area contributed by atoms with Crippen LogP contribution in [-0.4, -0.2) is 28.5 Å². The van der Waals surface area contributed by atoms with Crippen LogP contribution in [0.4, 0.5) is 0 Å². The van der Waals surface area contributed by atoms with E-state index in [1.807, 2.05) is 24.3 Å². The first-order valence-corrected chi connectivity index (χ1v) is 10.9. The Morgan fingerprint density at radius 3 is 2.77 bits per heavy atom. The lowest BCUT2D eigenvalue weighted by molar-refractivity contribution is 0.0914. The van der Waals surface area contributed by atoms with Gasteiger partial charge in [0.15, 0.2) is 5.76 Å². The third-order valence-corrected chi connectivity index (χ3v) is 6.05. The van der Waals surface area contributed by atoms with Gasteiger partial charge < -0.3 is 14.3 Å². The van der Waals surface area contributed by atoms with Crippen LogP contribution in [-0.2, 0) is 13.1 Å². The van der Waals surface area contributed by atoms with Crippen molar-refractivity contribution in [1.82, 2.24) is 14.8 Å². The molecule has 0 saturated carbocycles. The molecule has 158 valence electrons. The molecule has 7 heteroatoms. The Morgan fingerprint density at radius 1 is 1.17 bits per heavy atom. The minimum Gasteiger partial charge on any atom is -0.455 e. The van der Waals surface area contributed by atoms with Crippen molar-refractivity contribution in [1.29, 1.82) is 0 Å². The van der Waals surface area contributed by atoms with E-state index >= 15 is 0 Å². The van der Waals surface area contributed by atoms with Gasteiger partial charge in [-0.1, -0.05) is 43.1 Å². The number of furan rings is 1. The normalized spacial score (nSPS) is 16.6. The second-order valence-electron chi connectivity index (χ2n) is 8.04. The van der Waals surface area contributed by atoms with E-state index in [1.54, 1.807) is 6.07 Å². The zero-order chi connectivity index (χ0) is 21.3. The highest BCUT2D eigenvalue weighted by Gasteiger charge is 2.30. The third-order valence-electron chi connectivity index (χ3n) is 5.31. The quantitative estimate of drug-likeness (QED) is 0.553. The van der Waals surface area contributed by atoms with E-state index in [0.717, 1.165) is 24.4 Å². The standard InChI is InChI=1S/C23H25Cl2N3O2/c1-15(2)13-26-23(29)21-8-6-17(30-21)14-28-11-10-27-9-3-4-20(27)22(28)16-5-7-18(24)19(25)12-16/h3-9,12,15,22H,10-11,13-14H2,1-2H3,(H,26,29). The van der Waals surface area contributed by atoms with Crippen LogP contribution < -0.4 is 5.32 Å². The molecular weight excluding hydrogens is 421 g/mol. The van der Waals surface area contributed by atoms with Gasteiger partial charge in [0.1, 0.15) is 5.76 Å². The topological polar surface area (TPSA) is 50.4 Å². The van der Waals surface area contributed by atoms with Crippen LogP contribution in [0, 0.1) is 5.92 Å². The minimum atomic E-state index is -0.177. The first-order chi connectivity index (χ1) is 14.4. The molecule has 0 saturated heterocycles. The monoisotopic (exact) mass is 445 g/mol. The molecule has 1 amide bonds. The van der Waals surface area contributed by atoms with Crippen molar-refractivity contribution in [2.45, 2.75) is 33.0 Å². The van der Waals surface area contributed by atoms with Crippen molar-refractivity contribution >= 4 is 29.1 Å². The maximum atomic E-state index is 12.3. The van der Waals surface area contributed by atoms with Gasteiger partial charge in [-0.3, -0.25) is 9.69 Å². The minimum absolute atomic E-state index is 0.0202. The fraction of sp³-hybridized carbons (Fsp3) is 0.348. The molecule has 0 fully saturated rings. The molecule has 0 bridgehead atoms. The van der Waals surface area contributed by atoms with E-state index in [9.17, 15) is 4.79 Å². The molecule has 1 aromatic carbocycles. The number of nitrogens with zero attached hydrogens (tertiary/aromatic N) is 2. The number of rotatable bonds is 6. The molecular formula is C23H25Cl2N3O2. The Kier molecular flexibility index (Phi) is 6.23. The summed E-state index contributed by atoms with van der Waals surface area (Å²) in [7, 11) is 0. The summed E-state index contributed by atoms with van der Waals surface area (Å²) in [5.41, 5.74) is 2.27. The number of amides is 1. The molecule has 1 aliphatic rings. The Bertz CT molecular complexity index is 1040. The molecule has 1 N–H and O–H groups in total. The van der Waals surface area contributed by atoms with Crippen molar-refractivity contribution in [2.75, 3.05) is 13.1 Å². The Labute approximate surface area is 186 Å². The first-order valence-electron chi connectivity index (χ1n) is 10.1. The third kappa shape index (κ3) is 4.43. The van der Waals surface area contributed by atoms with Gasteiger partial charge in [0.25, 0.3) is 5.91 Å². The summed E-state index contributed by atoms with van der Waals surface area (Å²) in [6, 6.07) is 13.6. The van der Waals surface area contributed by atoms with Crippen LogP contribution in [0.5, 0.6) is 0 Å². The van der Waals surface area contributed by atoms with Gasteiger partial charge in [-0.25, -0.2) is 0 Å². The summed E-state index contributed by atoms with van der Waals surface area (Å²) in [6.07, 6.45) is 2.10. The van der Waals surface area contributed by atoms with Crippen molar-refractivity contribution in [3.8, 4) is 0 Å². The molecule has 2 aromatic heterocycles. The molecule has 30 heavy (non-hydrogen) atoms.